The Morgan fingerprint density at radius 2 is 1.86 bits per heavy atom. The van der Waals surface area contributed by atoms with E-state index in [1.807, 2.05) is 18.2 Å². The Kier molecular flexibility index (Phi) is 3.80. The summed E-state index contributed by atoms with van der Waals surface area (Å²) in [7, 11) is 3.26. The molecule has 0 fully saturated rings. The van der Waals surface area contributed by atoms with Gasteiger partial charge in [0.15, 0.2) is 11.5 Å². The maximum absolute atomic E-state index is 13.5. The van der Waals surface area contributed by atoms with Gasteiger partial charge in [-0.05, 0) is 47.4 Å². The minimum Gasteiger partial charge on any atom is -0.493 e. The first kappa shape index (κ1) is 13.9. The quantitative estimate of drug-likeness (QED) is 0.941. The fourth-order valence-corrected chi connectivity index (χ4v) is 2.87. The molecule has 0 bridgehead atoms. The molecule has 0 unspecified atom stereocenters. The Morgan fingerprint density at radius 3 is 2.57 bits per heavy atom. The van der Waals surface area contributed by atoms with Crippen molar-refractivity contribution in [2.45, 2.75) is 12.5 Å². The predicted octanol–water partition coefficient (Wildman–Crippen LogP) is 3.08. The normalized spacial score (nSPS) is 17.2. The minimum atomic E-state index is -0.220. The molecule has 1 N–H and O–H groups in total. The fraction of sp³-hybridized carbons (Fsp3) is 0.294. The molecule has 2 aromatic carbocycles. The number of methoxy groups -OCH3 is 2. The van der Waals surface area contributed by atoms with Gasteiger partial charge < -0.3 is 14.8 Å². The van der Waals surface area contributed by atoms with Crippen molar-refractivity contribution in [3.8, 4) is 11.5 Å². The van der Waals surface area contributed by atoms with Gasteiger partial charge in [0, 0.05) is 6.54 Å². The molecule has 0 saturated heterocycles. The summed E-state index contributed by atoms with van der Waals surface area (Å²) in [5, 5.41) is 3.44. The van der Waals surface area contributed by atoms with E-state index < -0.39 is 0 Å². The van der Waals surface area contributed by atoms with Crippen LogP contribution in [0.1, 0.15) is 22.7 Å². The molecule has 1 aliphatic rings. The van der Waals surface area contributed by atoms with Gasteiger partial charge in [-0.25, -0.2) is 4.39 Å². The van der Waals surface area contributed by atoms with Crippen LogP contribution >= 0.6 is 0 Å². The second-order valence-corrected chi connectivity index (χ2v) is 5.10. The highest BCUT2D eigenvalue weighted by molar-refractivity contribution is 5.51. The van der Waals surface area contributed by atoms with Crippen molar-refractivity contribution in [3.63, 3.8) is 0 Å². The van der Waals surface area contributed by atoms with Crippen LogP contribution in [0.2, 0.25) is 0 Å². The van der Waals surface area contributed by atoms with Crippen LogP contribution in [0, 0.1) is 5.82 Å². The average molecular weight is 287 g/mol. The molecule has 110 valence electrons. The topological polar surface area (TPSA) is 30.5 Å². The van der Waals surface area contributed by atoms with Crippen LogP contribution in [-0.4, -0.2) is 20.8 Å². The molecular weight excluding hydrogens is 269 g/mol. The molecule has 0 spiro atoms. The van der Waals surface area contributed by atoms with Crippen molar-refractivity contribution in [1.29, 1.82) is 0 Å². The lowest BCUT2D eigenvalue weighted by molar-refractivity contribution is 0.353. The van der Waals surface area contributed by atoms with E-state index in [0.29, 0.717) is 5.75 Å². The standard InChI is InChI=1S/C17H18FNO2/c1-20-15-9-11-6-7-19-17(14(11)10-16(15)21-2)12-4-3-5-13(18)8-12/h3-5,8-10,17,19H,6-7H2,1-2H3/t17-/m0/s1. The third-order valence-corrected chi connectivity index (χ3v) is 3.88. The summed E-state index contributed by atoms with van der Waals surface area (Å²) in [4.78, 5) is 0. The first-order valence-electron chi connectivity index (χ1n) is 6.96. The smallest absolute Gasteiger partial charge is 0.161 e. The van der Waals surface area contributed by atoms with Gasteiger partial charge in [-0.1, -0.05) is 12.1 Å². The molecule has 0 radical (unpaired) electrons. The third-order valence-electron chi connectivity index (χ3n) is 3.88. The van der Waals surface area contributed by atoms with E-state index >= 15 is 0 Å². The predicted molar refractivity (Wildman–Crippen MR) is 79.5 cm³/mol. The van der Waals surface area contributed by atoms with E-state index in [-0.39, 0.29) is 11.9 Å². The van der Waals surface area contributed by atoms with E-state index in [4.69, 9.17) is 9.47 Å². The maximum Gasteiger partial charge on any atom is 0.161 e. The molecule has 1 atom stereocenters. The van der Waals surface area contributed by atoms with Gasteiger partial charge >= 0.3 is 0 Å². The van der Waals surface area contributed by atoms with Crippen molar-refractivity contribution >= 4 is 0 Å². The summed E-state index contributed by atoms with van der Waals surface area (Å²) >= 11 is 0. The molecule has 21 heavy (non-hydrogen) atoms. The van der Waals surface area contributed by atoms with E-state index in [0.717, 1.165) is 29.8 Å². The second kappa shape index (κ2) is 5.74. The van der Waals surface area contributed by atoms with Crippen LogP contribution in [0.5, 0.6) is 11.5 Å². The summed E-state index contributed by atoms with van der Waals surface area (Å²) < 4.78 is 24.2. The van der Waals surface area contributed by atoms with Gasteiger partial charge in [-0.3, -0.25) is 0 Å². The van der Waals surface area contributed by atoms with Crippen LogP contribution in [-0.2, 0) is 6.42 Å². The molecule has 0 amide bonds. The van der Waals surface area contributed by atoms with E-state index in [1.54, 1.807) is 26.4 Å². The maximum atomic E-state index is 13.5. The lowest BCUT2D eigenvalue weighted by atomic mass is 9.89. The van der Waals surface area contributed by atoms with E-state index in [2.05, 4.69) is 5.32 Å². The highest BCUT2D eigenvalue weighted by Crippen LogP contribution is 2.37. The van der Waals surface area contributed by atoms with Gasteiger partial charge in [0.2, 0.25) is 0 Å². The molecule has 1 heterocycles. The van der Waals surface area contributed by atoms with Crippen molar-refractivity contribution in [2.75, 3.05) is 20.8 Å². The molecule has 0 aliphatic carbocycles. The van der Waals surface area contributed by atoms with Crippen LogP contribution in [0.3, 0.4) is 0 Å². The zero-order valence-corrected chi connectivity index (χ0v) is 12.2. The van der Waals surface area contributed by atoms with Gasteiger partial charge in [0.1, 0.15) is 5.82 Å². The number of fused-ring (bicyclic) bond motifs is 1. The summed E-state index contributed by atoms with van der Waals surface area (Å²) in [5.74, 6) is 1.21. The molecular formula is C17H18FNO2. The molecule has 0 saturated carbocycles. The first-order valence-corrected chi connectivity index (χ1v) is 6.96. The van der Waals surface area contributed by atoms with Crippen molar-refractivity contribution in [3.05, 3.63) is 58.9 Å². The number of halogens is 1. The van der Waals surface area contributed by atoms with Gasteiger partial charge in [-0.2, -0.15) is 0 Å². The SMILES string of the molecule is COc1cc2c(cc1OC)[C@H](c1cccc(F)c1)NCC2. The van der Waals surface area contributed by atoms with Crippen LogP contribution in [0.4, 0.5) is 4.39 Å². The van der Waals surface area contributed by atoms with Gasteiger partial charge in [-0.15, -0.1) is 0 Å². The number of nitrogens with one attached hydrogen (secondary N) is 1. The highest BCUT2D eigenvalue weighted by atomic mass is 19.1. The summed E-state index contributed by atoms with van der Waals surface area (Å²) in [6.45, 7) is 0.851. The number of hydrogen-bond acceptors (Lipinski definition) is 3. The summed E-state index contributed by atoms with van der Waals surface area (Å²) in [5.41, 5.74) is 3.24. The second-order valence-electron chi connectivity index (χ2n) is 5.10. The Hall–Kier alpha value is -2.07. The average Bonchev–Trinajstić information content (AvgIpc) is 2.52. The van der Waals surface area contributed by atoms with Crippen LogP contribution in [0.25, 0.3) is 0 Å². The molecule has 4 heteroatoms. The van der Waals surface area contributed by atoms with Crippen molar-refractivity contribution in [1.82, 2.24) is 5.32 Å². The minimum absolute atomic E-state index is 0.0238. The monoisotopic (exact) mass is 287 g/mol. The Bertz CT molecular complexity index is 657. The number of benzene rings is 2. The first-order chi connectivity index (χ1) is 10.2. The molecule has 0 aromatic heterocycles. The summed E-state index contributed by atoms with van der Waals surface area (Å²) in [6.07, 6.45) is 0.918. The van der Waals surface area contributed by atoms with Crippen molar-refractivity contribution < 1.29 is 13.9 Å². The lowest BCUT2D eigenvalue weighted by Crippen LogP contribution is -2.30. The lowest BCUT2D eigenvalue weighted by Gasteiger charge is -2.28. The highest BCUT2D eigenvalue weighted by Gasteiger charge is 2.24. The number of hydrogen-bond donors (Lipinski definition) is 1. The van der Waals surface area contributed by atoms with Crippen molar-refractivity contribution in [2.24, 2.45) is 0 Å². The van der Waals surface area contributed by atoms with E-state index in [1.165, 1.54) is 11.6 Å². The number of rotatable bonds is 3. The Morgan fingerprint density at radius 1 is 1.10 bits per heavy atom. The summed E-state index contributed by atoms with van der Waals surface area (Å²) in [6, 6.07) is 10.7. The van der Waals surface area contributed by atoms with E-state index in [9.17, 15) is 4.39 Å². The molecule has 3 rings (SSSR count). The van der Waals surface area contributed by atoms with Crippen LogP contribution < -0.4 is 14.8 Å². The number of ether oxygens (including phenoxy) is 2. The Labute approximate surface area is 123 Å². The fourth-order valence-electron chi connectivity index (χ4n) is 2.87. The molecule has 3 nitrogen and oxygen atoms in total. The zero-order valence-electron chi connectivity index (χ0n) is 12.2. The Balaban J connectivity index is 2.09. The van der Waals surface area contributed by atoms with Crippen LogP contribution in [0.15, 0.2) is 36.4 Å². The van der Waals surface area contributed by atoms with Gasteiger partial charge in [0.05, 0.1) is 20.3 Å². The largest absolute Gasteiger partial charge is 0.493 e. The zero-order chi connectivity index (χ0) is 14.8. The molecule has 1 aliphatic heterocycles. The third kappa shape index (κ3) is 2.59. The van der Waals surface area contributed by atoms with Gasteiger partial charge in [0.25, 0.3) is 0 Å². The molecule has 2 aromatic rings.